The third kappa shape index (κ3) is 6.42. The summed E-state index contributed by atoms with van der Waals surface area (Å²) in [4.78, 5) is 13.7. The van der Waals surface area contributed by atoms with Gasteiger partial charge in [0.25, 0.3) is 0 Å². The predicted octanol–water partition coefficient (Wildman–Crippen LogP) is -0.164. The molecule has 1 aliphatic heterocycles. The Morgan fingerprint density at radius 2 is 2.04 bits per heavy atom. The number of carbonyl (C=O) groups is 1. The maximum atomic E-state index is 12.2. The van der Waals surface area contributed by atoms with Gasteiger partial charge < -0.3 is 15.0 Å². The molecular formula is C17H27ClN3O4S+. The molecule has 1 saturated heterocycles. The van der Waals surface area contributed by atoms with Gasteiger partial charge in [-0.05, 0) is 30.7 Å². The summed E-state index contributed by atoms with van der Waals surface area (Å²) >= 11 is 5.93. The number of halogens is 1. The summed E-state index contributed by atoms with van der Waals surface area (Å²) in [5, 5.41) is 3.33. The Bertz CT molecular complexity index is 721. The first-order valence-corrected chi connectivity index (χ1v) is 10.9. The topological polar surface area (TPSA) is 80.2 Å². The van der Waals surface area contributed by atoms with Crippen LogP contribution in [0.2, 0.25) is 5.02 Å². The van der Waals surface area contributed by atoms with E-state index in [1.54, 1.807) is 25.1 Å². The molecule has 0 aromatic heterocycles. The monoisotopic (exact) mass is 404 g/mol. The number of nitrogens with zero attached hydrogens (tertiary/aromatic N) is 1. The fourth-order valence-corrected chi connectivity index (χ4v) is 4.08. The number of aryl methyl sites for hydroxylation is 1. The minimum absolute atomic E-state index is 0.244. The van der Waals surface area contributed by atoms with Crippen LogP contribution in [0.15, 0.2) is 18.2 Å². The zero-order valence-corrected chi connectivity index (χ0v) is 16.8. The number of amides is 1. The van der Waals surface area contributed by atoms with E-state index >= 15 is 0 Å². The Morgan fingerprint density at radius 1 is 1.35 bits per heavy atom. The van der Waals surface area contributed by atoms with Gasteiger partial charge in [-0.25, -0.2) is 8.42 Å². The summed E-state index contributed by atoms with van der Waals surface area (Å²) in [7, 11) is -3.58. The largest absolute Gasteiger partial charge is 0.370 e. The Balaban J connectivity index is 1.88. The van der Waals surface area contributed by atoms with Crippen LogP contribution < -0.4 is 14.5 Å². The van der Waals surface area contributed by atoms with Crippen molar-refractivity contribution in [3.05, 3.63) is 28.8 Å². The van der Waals surface area contributed by atoms with Crippen LogP contribution in [-0.4, -0.2) is 66.5 Å². The molecule has 1 aromatic rings. The van der Waals surface area contributed by atoms with Crippen LogP contribution >= 0.6 is 11.6 Å². The second-order valence-corrected chi connectivity index (χ2v) is 8.86. The molecule has 9 heteroatoms. The Hall–Kier alpha value is -1.35. The van der Waals surface area contributed by atoms with E-state index in [9.17, 15) is 13.2 Å². The van der Waals surface area contributed by atoms with Crippen LogP contribution in [0.5, 0.6) is 0 Å². The van der Waals surface area contributed by atoms with Gasteiger partial charge in [0.2, 0.25) is 15.9 Å². The summed E-state index contributed by atoms with van der Waals surface area (Å²) < 4.78 is 30.7. The van der Waals surface area contributed by atoms with E-state index in [-0.39, 0.29) is 12.5 Å². The molecule has 7 nitrogen and oxygen atoms in total. The van der Waals surface area contributed by atoms with Crippen molar-refractivity contribution in [1.29, 1.82) is 0 Å². The molecule has 1 heterocycles. The molecule has 0 bridgehead atoms. The third-order valence-corrected chi connectivity index (χ3v) is 5.71. The molecule has 1 aliphatic rings. The van der Waals surface area contributed by atoms with Gasteiger partial charge in [-0.3, -0.25) is 9.10 Å². The van der Waals surface area contributed by atoms with Gasteiger partial charge in [-0.1, -0.05) is 11.6 Å². The molecule has 26 heavy (non-hydrogen) atoms. The molecule has 146 valence electrons. The molecular weight excluding hydrogens is 378 g/mol. The lowest BCUT2D eigenvalue weighted by Crippen LogP contribution is -3.14. The summed E-state index contributed by atoms with van der Waals surface area (Å²) in [6.45, 7) is 6.57. The van der Waals surface area contributed by atoms with Gasteiger partial charge in [-0.2, -0.15) is 0 Å². The Morgan fingerprint density at radius 3 is 2.65 bits per heavy atom. The van der Waals surface area contributed by atoms with Gasteiger partial charge in [0, 0.05) is 18.0 Å². The quantitative estimate of drug-likeness (QED) is 0.590. The van der Waals surface area contributed by atoms with E-state index in [0.29, 0.717) is 22.8 Å². The number of hydrogen-bond donors (Lipinski definition) is 2. The van der Waals surface area contributed by atoms with E-state index in [2.05, 4.69) is 5.32 Å². The number of rotatable bonds is 8. The number of ether oxygens (including phenoxy) is 1. The molecule has 0 saturated carbocycles. The van der Waals surface area contributed by atoms with Crippen LogP contribution in [-0.2, 0) is 19.6 Å². The van der Waals surface area contributed by atoms with E-state index in [1.807, 2.05) is 0 Å². The number of nitrogens with one attached hydrogen (secondary N) is 2. The van der Waals surface area contributed by atoms with Crippen molar-refractivity contribution < 1.29 is 22.8 Å². The Kier molecular flexibility index (Phi) is 7.69. The minimum atomic E-state index is -3.58. The normalized spacial score (nSPS) is 15.7. The minimum Gasteiger partial charge on any atom is -0.370 e. The predicted molar refractivity (Wildman–Crippen MR) is 102 cm³/mol. The number of morpholine rings is 1. The van der Waals surface area contributed by atoms with E-state index in [1.165, 1.54) is 4.90 Å². The molecule has 0 atom stereocenters. The molecule has 0 spiro atoms. The number of carbonyl (C=O) groups excluding carboxylic acids is 1. The highest BCUT2D eigenvalue weighted by Crippen LogP contribution is 2.25. The van der Waals surface area contributed by atoms with Crippen LogP contribution in [0.4, 0.5) is 5.69 Å². The lowest BCUT2D eigenvalue weighted by Gasteiger charge is -2.24. The number of sulfonamides is 1. The smallest absolute Gasteiger partial charge is 0.240 e. The maximum Gasteiger partial charge on any atom is 0.240 e. The van der Waals surface area contributed by atoms with E-state index in [4.69, 9.17) is 16.3 Å². The maximum absolute atomic E-state index is 12.2. The van der Waals surface area contributed by atoms with Crippen LogP contribution in [0.1, 0.15) is 12.0 Å². The number of hydrogen-bond acceptors (Lipinski definition) is 4. The molecule has 1 fully saturated rings. The lowest BCUT2D eigenvalue weighted by atomic mass is 10.2. The van der Waals surface area contributed by atoms with Crippen molar-refractivity contribution in [2.75, 3.05) is 56.5 Å². The number of benzene rings is 1. The second-order valence-electron chi connectivity index (χ2n) is 6.52. The Labute approximate surface area is 160 Å². The first kappa shape index (κ1) is 21.0. The second kappa shape index (κ2) is 9.55. The number of quaternary nitrogens is 1. The summed E-state index contributed by atoms with van der Waals surface area (Å²) in [6, 6.07) is 4.91. The van der Waals surface area contributed by atoms with Gasteiger partial charge in [0.15, 0.2) is 0 Å². The molecule has 0 radical (unpaired) electrons. The van der Waals surface area contributed by atoms with Crippen LogP contribution in [0.25, 0.3) is 0 Å². The summed E-state index contributed by atoms with van der Waals surface area (Å²) in [6.07, 6.45) is 1.94. The van der Waals surface area contributed by atoms with Gasteiger partial charge in [0.05, 0.1) is 31.7 Å². The lowest BCUT2D eigenvalue weighted by molar-refractivity contribution is -0.908. The van der Waals surface area contributed by atoms with Crippen molar-refractivity contribution in [3.63, 3.8) is 0 Å². The standard InChI is InChI=1S/C17H26ClN3O4S/c1-14-12-15(18)4-5-16(14)21(26(2,23)24)13-17(22)19-6-3-7-20-8-10-25-11-9-20/h4-5,12H,3,6-11,13H2,1-2H3,(H,19,22)/p+1. The van der Waals surface area contributed by atoms with E-state index in [0.717, 1.165) is 49.8 Å². The first-order valence-electron chi connectivity index (χ1n) is 8.69. The van der Waals surface area contributed by atoms with Crippen molar-refractivity contribution >= 4 is 33.2 Å². The van der Waals surface area contributed by atoms with Crippen LogP contribution in [0, 0.1) is 6.92 Å². The summed E-state index contributed by atoms with van der Waals surface area (Å²) in [5.41, 5.74) is 1.16. The van der Waals surface area contributed by atoms with Crippen molar-refractivity contribution in [3.8, 4) is 0 Å². The van der Waals surface area contributed by atoms with Crippen molar-refractivity contribution in [1.82, 2.24) is 5.32 Å². The SMILES string of the molecule is Cc1cc(Cl)ccc1N(CC(=O)NCCC[NH+]1CCOCC1)S(C)(=O)=O. The van der Waals surface area contributed by atoms with Gasteiger partial charge in [-0.15, -0.1) is 0 Å². The van der Waals surface area contributed by atoms with Crippen molar-refractivity contribution in [2.24, 2.45) is 0 Å². The fraction of sp³-hybridized carbons (Fsp3) is 0.588. The molecule has 1 amide bonds. The summed E-state index contributed by atoms with van der Waals surface area (Å²) in [5.74, 6) is -0.318. The molecule has 0 aliphatic carbocycles. The molecule has 1 aromatic carbocycles. The molecule has 2 rings (SSSR count). The zero-order chi connectivity index (χ0) is 19.2. The third-order valence-electron chi connectivity index (χ3n) is 4.34. The number of anilines is 1. The van der Waals surface area contributed by atoms with Crippen molar-refractivity contribution in [2.45, 2.75) is 13.3 Å². The molecule has 2 N–H and O–H groups in total. The van der Waals surface area contributed by atoms with Gasteiger partial charge in [0.1, 0.15) is 19.6 Å². The van der Waals surface area contributed by atoms with E-state index < -0.39 is 10.0 Å². The highest BCUT2D eigenvalue weighted by molar-refractivity contribution is 7.92. The van der Waals surface area contributed by atoms with Crippen LogP contribution in [0.3, 0.4) is 0 Å². The zero-order valence-electron chi connectivity index (χ0n) is 15.3. The first-order chi connectivity index (χ1) is 12.3. The fourth-order valence-electron chi connectivity index (χ4n) is 2.94. The highest BCUT2D eigenvalue weighted by atomic mass is 35.5. The molecule has 0 unspecified atom stereocenters. The highest BCUT2D eigenvalue weighted by Gasteiger charge is 2.22. The average Bonchev–Trinajstić information content (AvgIpc) is 2.57. The van der Waals surface area contributed by atoms with Gasteiger partial charge >= 0.3 is 0 Å². The average molecular weight is 405 g/mol.